The van der Waals surface area contributed by atoms with Crippen LogP contribution in [0.15, 0.2) is 48.1 Å². The minimum Gasteiger partial charge on any atom is -0.100 e. The van der Waals surface area contributed by atoms with Crippen molar-refractivity contribution in [3.63, 3.8) is 0 Å². The summed E-state index contributed by atoms with van der Waals surface area (Å²) in [5.41, 5.74) is 4.89. The molecule has 0 saturated carbocycles. The van der Waals surface area contributed by atoms with Crippen LogP contribution < -0.4 is 0 Å². The number of allylic oxidation sites excluding steroid dienone is 5. The van der Waals surface area contributed by atoms with Gasteiger partial charge in [0.2, 0.25) is 0 Å². The lowest BCUT2D eigenvalue weighted by molar-refractivity contribution is 0.962. The molecule has 0 bridgehead atoms. The molecule has 0 nitrogen and oxygen atoms in total. The largest absolute Gasteiger partial charge is 0.100 e. The fourth-order valence-electron chi connectivity index (χ4n) is 1.22. The highest BCUT2D eigenvalue weighted by atomic mass is 14.0. The Hall–Kier alpha value is -1.04. The van der Waals surface area contributed by atoms with E-state index in [1.165, 1.54) is 16.7 Å². The fourth-order valence-corrected chi connectivity index (χ4v) is 1.22. The van der Waals surface area contributed by atoms with Crippen LogP contribution >= 0.6 is 0 Å². The molecule has 0 rings (SSSR count). The Bertz CT molecular complexity index is 264. The molecular weight excluding hydrogens is 168 g/mol. The highest BCUT2D eigenvalue weighted by molar-refractivity contribution is 5.30. The lowest BCUT2D eigenvalue weighted by Gasteiger charge is -2.06. The first-order chi connectivity index (χ1) is 6.43. The maximum Gasteiger partial charge on any atom is -0.00733 e. The average molecular weight is 190 g/mol. The summed E-state index contributed by atoms with van der Waals surface area (Å²) in [6.45, 7) is 17.9. The topological polar surface area (TPSA) is 0 Å². The van der Waals surface area contributed by atoms with E-state index in [1.54, 1.807) is 0 Å². The molecule has 0 N–H and O–H groups in total. The van der Waals surface area contributed by atoms with Gasteiger partial charge in [0.25, 0.3) is 0 Å². The van der Waals surface area contributed by atoms with E-state index < -0.39 is 0 Å². The number of hydrogen-bond donors (Lipinski definition) is 0. The summed E-state index contributed by atoms with van der Waals surface area (Å²) in [4.78, 5) is 0. The quantitative estimate of drug-likeness (QED) is 0.416. The van der Waals surface area contributed by atoms with Gasteiger partial charge in [0.1, 0.15) is 0 Å². The lowest BCUT2D eigenvalue weighted by atomic mass is 9.99. The first kappa shape index (κ1) is 13.0. The molecular formula is C14H22. The summed E-state index contributed by atoms with van der Waals surface area (Å²) >= 11 is 0. The summed E-state index contributed by atoms with van der Waals surface area (Å²) in [5.74, 6) is 0. The van der Waals surface area contributed by atoms with Gasteiger partial charge in [-0.05, 0) is 45.6 Å². The first-order valence-electron chi connectivity index (χ1n) is 5.07. The van der Waals surface area contributed by atoms with Crippen molar-refractivity contribution >= 4 is 0 Å². The van der Waals surface area contributed by atoms with E-state index in [2.05, 4.69) is 46.6 Å². The van der Waals surface area contributed by atoms with Crippen molar-refractivity contribution in [3.05, 3.63) is 48.1 Å². The van der Waals surface area contributed by atoms with Crippen LogP contribution in [0, 0.1) is 0 Å². The van der Waals surface area contributed by atoms with Gasteiger partial charge in [0, 0.05) is 0 Å². The highest BCUT2D eigenvalue weighted by Gasteiger charge is 1.98. The zero-order valence-corrected chi connectivity index (χ0v) is 9.82. The van der Waals surface area contributed by atoms with Crippen molar-refractivity contribution in [1.82, 2.24) is 0 Å². The van der Waals surface area contributed by atoms with Gasteiger partial charge in [0.05, 0.1) is 0 Å². The second-order valence-electron chi connectivity index (χ2n) is 4.14. The van der Waals surface area contributed by atoms with Gasteiger partial charge < -0.3 is 0 Å². The number of rotatable bonds is 6. The van der Waals surface area contributed by atoms with Crippen molar-refractivity contribution in [2.75, 3.05) is 0 Å². The first-order valence-corrected chi connectivity index (χ1v) is 5.07. The molecule has 0 aromatic rings. The third-order valence-electron chi connectivity index (χ3n) is 2.00. The van der Waals surface area contributed by atoms with E-state index >= 15 is 0 Å². The van der Waals surface area contributed by atoms with Gasteiger partial charge in [-0.2, -0.15) is 0 Å². The molecule has 0 spiro atoms. The molecule has 0 atom stereocenters. The van der Waals surface area contributed by atoms with Gasteiger partial charge in [-0.15, -0.1) is 6.58 Å². The summed E-state index contributed by atoms with van der Waals surface area (Å²) in [6, 6.07) is 0. The van der Waals surface area contributed by atoms with E-state index in [0.717, 1.165) is 24.8 Å². The third-order valence-corrected chi connectivity index (χ3v) is 2.00. The predicted molar refractivity (Wildman–Crippen MR) is 66.4 cm³/mol. The van der Waals surface area contributed by atoms with Crippen molar-refractivity contribution in [2.24, 2.45) is 0 Å². The Morgan fingerprint density at radius 2 is 1.57 bits per heavy atom. The van der Waals surface area contributed by atoms with E-state index in [4.69, 9.17) is 0 Å². The molecule has 0 saturated heterocycles. The molecule has 0 aromatic heterocycles. The predicted octanol–water partition coefficient (Wildman–Crippen LogP) is 4.81. The Labute approximate surface area is 88.7 Å². The monoisotopic (exact) mass is 190 g/mol. The van der Waals surface area contributed by atoms with Crippen molar-refractivity contribution in [3.8, 4) is 0 Å². The van der Waals surface area contributed by atoms with Crippen LogP contribution in [-0.4, -0.2) is 0 Å². The highest BCUT2D eigenvalue weighted by Crippen LogP contribution is 2.18. The van der Waals surface area contributed by atoms with Gasteiger partial charge in [0.15, 0.2) is 0 Å². The second kappa shape index (κ2) is 6.42. The molecule has 0 aliphatic rings. The van der Waals surface area contributed by atoms with Crippen LogP contribution in [-0.2, 0) is 0 Å². The van der Waals surface area contributed by atoms with Crippen molar-refractivity contribution in [1.29, 1.82) is 0 Å². The summed E-state index contributed by atoms with van der Waals surface area (Å²) in [5, 5.41) is 0. The standard InChI is InChI=1S/C14H22/c1-11(2)8-7-9-14(13(5)6)10-12(3)4/h9H,1,3,5,7-8,10H2,2,4,6H3/b14-9-. The van der Waals surface area contributed by atoms with Crippen LogP contribution in [0.4, 0.5) is 0 Å². The Kier molecular flexibility index (Phi) is 5.94. The maximum atomic E-state index is 3.97. The van der Waals surface area contributed by atoms with Crippen molar-refractivity contribution < 1.29 is 0 Å². The fraction of sp³-hybridized carbons (Fsp3) is 0.429. The molecule has 0 aromatic carbocycles. The zero-order chi connectivity index (χ0) is 11.1. The van der Waals surface area contributed by atoms with Crippen LogP contribution in [0.3, 0.4) is 0 Å². The molecule has 0 aliphatic carbocycles. The molecule has 0 aliphatic heterocycles. The number of hydrogen-bond acceptors (Lipinski definition) is 0. The Balaban J connectivity index is 4.26. The lowest BCUT2D eigenvalue weighted by Crippen LogP contribution is -1.86. The average Bonchev–Trinajstić information content (AvgIpc) is 2.00. The smallest absolute Gasteiger partial charge is 0.00733 e. The van der Waals surface area contributed by atoms with Crippen LogP contribution in [0.2, 0.25) is 0 Å². The molecule has 78 valence electrons. The van der Waals surface area contributed by atoms with E-state index in [9.17, 15) is 0 Å². The Morgan fingerprint density at radius 3 is 1.93 bits per heavy atom. The van der Waals surface area contributed by atoms with Crippen LogP contribution in [0.1, 0.15) is 40.0 Å². The third kappa shape index (κ3) is 6.47. The van der Waals surface area contributed by atoms with E-state index in [0.29, 0.717) is 0 Å². The SMILES string of the molecule is C=C(C)CC/C=C(/CC(=C)C)C(=C)C. The summed E-state index contributed by atoms with van der Waals surface area (Å²) in [6.07, 6.45) is 5.33. The Morgan fingerprint density at radius 1 is 1.00 bits per heavy atom. The molecule has 0 amide bonds. The van der Waals surface area contributed by atoms with Gasteiger partial charge in [-0.1, -0.05) is 36.0 Å². The maximum absolute atomic E-state index is 3.97. The molecule has 0 unspecified atom stereocenters. The minimum absolute atomic E-state index is 0.950. The van der Waals surface area contributed by atoms with E-state index in [1.807, 2.05) is 0 Å². The molecule has 0 heteroatoms. The summed E-state index contributed by atoms with van der Waals surface area (Å²) < 4.78 is 0. The molecule has 0 heterocycles. The second-order valence-corrected chi connectivity index (χ2v) is 4.14. The van der Waals surface area contributed by atoms with Crippen LogP contribution in [0.25, 0.3) is 0 Å². The molecule has 0 fully saturated rings. The normalized spacial score (nSPS) is 11.2. The van der Waals surface area contributed by atoms with Gasteiger partial charge in [-0.25, -0.2) is 0 Å². The zero-order valence-electron chi connectivity index (χ0n) is 9.82. The minimum atomic E-state index is 0.950. The van der Waals surface area contributed by atoms with E-state index in [-0.39, 0.29) is 0 Å². The van der Waals surface area contributed by atoms with Crippen molar-refractivity contribution in [2.45, 2.75) is 40.0 Å². The molecule has 14 heavy (non-hydrogen) atoms. The summed E-state index contributed by atoms with van der Waals surface area (Å²) in [7, 11) is 0. The van der Waals surface area contributed by atoms with Crippen LogP contribution in [0.5, 0.6) is 0 Å². The van der Waals surface area contributed by atoms with Gasteiger partial charge in [-0.3, -0.25) is 0 Å². The molecule has 0 radical (unpaired) electrons. The van der Waals surface area contributed by atoms with Gasteiger partial charge >= 0.3 is 0 Å².